The van der Waals surface area contributed by atoms with E-state index in [0.717, 1.165) is 22.0 Å². The van der Waals surface area contributed by atoms with Gasteiger partial charge in [0.1, 0.15) is 0 Å². The van der Waals surface area contributed by atoms with Crippen LogP contribution in [0.1, 0.15) is 18.1 Å². The van der Waals surface area contributed by atoms with Gasteiger partial charge in [-0.05, 0) is 53.8 Å². The van der Waals surface area contributed by atoms with Crippen LogP contribution in [0.25, 0.3) is 10.9 Å². The molecule has 0 radical (unpaired) electrons. The Kier molecular flexibility index (Phi) is 3.28. The number of hydrogen-bond acceptors (Lipinski definition) is 1. The average molecular weight is 286 g/mol. The van der Waals surface area contributed by atoms with E-state index in [-0.39, 0.29) is 0 Å². The Balaban J connectivity index is 1.91. The molecule has 0 spiro atoms. The van der Waals surface area contributed by atoms with E-state index in [0.29, 0.717) is 11.4 Å². The second kappa shape index (κ2) is 4.97. The SMILES string of the molecule is CC(O)(Cc1ccc(Cl)cc1)c1ccc2[nH]ccc2c1. The summed E-state index contributed by atoms with van der Waals surface area (Å²) in [6.45, 7) is 1.84. The van der Waals surface area contributed by atoms with Gasteiger partial charge in [0.15, 0.2) is 0 Å². The van der Waals surface area contributed by atoms with Crippen LogP contribution in [0.15, 0.2) is 54.7 Å². The Bertz CT molecular complexity index is 728. The third kappa shape index (κ3) is 2.58. The Morgan fingerprint density at radius 1 is 1.10 bits per heavy atom. The minimum atomic E-state index is -0.903. The standard InChI is InChI=1S/C17H16ClNO/c1-17(20,11-12-2-5-15(18)6-3-12)14-4-7-16-13(10-14)8-9-19-16/h2-10,19-20H,11H2,1H3. The maximum absolute atomic E-state index is 10.8. The molecular formula is C17H16ClNO. The molecule has 3 aromatic rings. The van der Waals surface area contributed by atoms with Gasteiger partial charge in [-0.2, -0.15) is 0 Å². The summed E-state index contributed by atoms with van der Waals surface area (Å²) in [6, 6.07) is 15.6. The molecular weight excluding hydrogens is 270 g/mol. The van der Waals surface area contributed by atoms with Gasteiger partial charge in [0.05, 0.1) is 5.60 Å². The van der Waals surface area contributed by atoms with Crippen molar-refractivity contribution in [2.75, 3.05) is 0 Å². The van der Waals surface area contributed by atoms with Crippen LogP contribution in [0.2, 0.25) is 5.02 Å². The number of aromatic nitrogens is 1. The summed E-state index contributed by atoms with van der Waals surface area (Å²) >= 11 is 5.89. The molecule has 0 amide bonds. The smallest absolute Gasteiger partial charge is 0.0908 e. The maximum atomic E-state index is 10.8. The fraction of sp³-hybridized carbons (Fsp3) is 0.176. The average Bonchev–Trinajstić information content (AvgIpc) is 2.88. The van der Waals surface area contributed by atoms with E-state index in [4.69, 9.17) is 11.6 Å². The number of nitrogens with one attached hydrogen (secondary N) is 1. The molecule has 0 saturated carbocycles. The number of aliphatic hydroxyl groups is 1. The third-order valence-corrected chi connectivity index (χ3v) is 3.89. The Morgan fingerprint density at radius 3 is 2.60 bits per heavy atom. The summed E-state index contributed by atoms with van der Waals surface area (Å²) in [7, 11) is 0. The van der Waals surface area contributed by atoms with Crippen LogP contribution < -0.4 is 0 Å². The van der Waals surface area contributed by atoms with Gasteiger partial charge in [-0.15, -0.1) is 0 Å². The third-order valence-electron chi connectivity index (χ3n) is 3.64. The molecule has 3 heteroatoms. The Labute approximate surface area is 123 Å². The van der Waals surface area contributed by atoms with Crippen LogP contribution in [0.5, 0.6) is 0 Å². The molecule has 1 atom stereocenters. The van der Waals surface area contributed by atoms with Gasteiger partial charge in [0, 0.05) is 23.2 Å². The van der Waals surface area contributed by atoms with Crippen LogP contribution in [0, 0.1) is 0 Å². The number of rotatable bonds is 3. The van der Waals surface area contributed by atoms with Crippen molar-refractivity contribution in [3.63, 3.8) is 0 Å². The zero-order chi connectivity index (χ0) is 14.2. The van der Waals surface area contributed by atoms with Gasteiger partial charge in [-0.1, -0.05) is 29.8 Å². The topological polar surface area (TPSA) is 36.0 Å². The van der Waals surface area contributed by atoms with Crippen molar-refractivity contribution in [1.29, 1.82) is 0 Å². The maximum Gasteiger partial charge on any atom is 0.0908 e. The highest BCUT2D eigenvalue weighted by molar-refractivity contribution is 6.30. The normalized spacial score (nSPS) is 14.3. The predicted octanol–water partition coefficient (Wildman–Crippen LogP) is 4.27. The molecule has 2 nitrogen and oxygen atoms in total. The van der Waals surface area contributed by atoms with Crippen molar-refractivity contribution in [2.24, 2.45) is 0 Å². The van der Waals surface area contributed by atoms with Crippen LogP contribution >= 0.6 is 11.6 Å². The highest BCUT2D eigenvalue weighted by Crippen LogP contribution is 2.28. The second-order valence-corrected chi connectivity index (χ2v) is 5.79. The van der Waals surface area contributed by atoms with E-state index in [1.807, 2.05) is 61.7 Å². The van der Waals surface area contributed by atoms with Crippen molar-refractivity contribution < 1.29 is 5.11 Å². The molecule has 1 aromatic heterocycles. The minimum absolute atomic E-state index is 0.556. The molecule has 2 aromatic carbocycles. The summed E-state index contributed by atoms with van der Waals surface area (Å²) in [5, 5.41) is 12.6. The summed E-state index contributed by atoms with van der Waals surface area (Å²) < 4.78 is 0. The van der Waals surface area contributed by atoms with E-state index in [1.165, 1.54) is 0 Å². The van der Waals surface area contributed by atoms with Crippen molar-refractivity contribution in [1.82, 2.24) is 4.98 Å². The number of fused-ring (bicyclic) bond motifs is 1. The summed E-state index contributed by atoms with van der Waals surface area (Å²) in [5.41, 5.74) is 2.16. The highest BCUT2D eigenvalue weighted by atomic mass is 35.5. The molecule has 1 unspecified atom stereocenters. The first-order chi connectivity index (χ1) is 9.54. The summed E-state index contributed by atoms with van der Waals surface area (Å²) in [6.07, 6.45) is 2.46. The fourth-order valence-electron chi connectivity index (χ4n) is 2.49. The monoisotopic (exact) mass is 285 g/mol. The lowest BCUT2D eigenvalue weighted by Crippen LogP contribution is -2.24. The Hall–Kier alpha value is -1.77. The molecule has 3 rings (SSSR count). The van der Waals surface area contributed by atoms with Gasteiger partial charge in [0.25, 0.3) is 0 Å². The van der Waals surface area contributed by atoms with E-state index in [1.54, 1.807) is 0 Å². The number of hydrogen-bond donors (Lipinski definition) is 2. The lowest BCUT2D eigenvalue weighted by atomic mass is 9.88. The molecule has 0 aliphatic heterocycles. The fourth-order valence-corrected chi connectivity index (χ4v) is 2.62. The van der Waals surface area contributed by atoms with Gasteiger partial charge in [-0.25, -0.2) is 0 Å². The van der Waals surface area contributed by atoms with E-state index in [2.05, 4.69) is 4.98 Å². The number of H-pyrrole nitrogens is 1. The van der Waals surface area contributed by atoms with Gasteiger partial charge in [0.2, 0.25) is 0 Å². The molecule has 1 heterocycles. The number of aromatic amines is 1. The summed E-state index contributed by atoms with van der Waals surface area (Å²) in [5.74, 6) is 0. The molecule has 0 fully saturated rings. The largest absolute Gasteiger partial charge is 0.385 e. The summed E-state index contributed by atoms with van der Waals surface area (Å²) in [4.78, 5) is 3.16. The first-order valence-corrected chi connectivity index (χ1v) is 6.97. The zero-order valence-corrected chi connectivity index (χ0v) is 12.0. The van der Waals surface area contributed by atoms with E-state index < -0.39 is 5.60 Å². The van der Waals surface area contributed by atoms with Crippen LogP contribution in [0.3, 0.4) is 0 Å². The molecule has 20 heavy (non-hydrogen) atoms. The van der Waals surface area contributed by atoms with Crippen molar-refractivity contribution in [2.45, 2.75) is 18.9 Å². The van der Waals surface area contributed by atoms with Crippen molar-refractivity contribution >= 4 is 22.5 Å². The van der Waals surface area contributed by atoms with Gasteiger partial charge >= 0.3 is 0 Å². The highest BCUT2D eigenvalue weighted by Gasteiger charge is 2.23. The van der Waals surface area contributed by atoms with E-state index in [9.17, 15) is 5.11 Å². The quantitative estimate of drug-likeness (QED) is 0.741. The van der Waals surface area contributed by atoms with Crippen LogP contribution in [0.4, 0.5) is 0 Å². The molecule has 0 bridgehead atoms. The first kappa shape index (κ1) is 13.2. The van der Waals surface area contributed by atoms with E-state index >= 15 is 0 Å². The number of benzene rings is 2. The molecule has 102 valence electrons. The first-order valence-electron chi connectivity index (χ1n) is 6.59. The van der Waals surface area contributed by atoms with Gasteiger partial charge in [-0.3, -0.25) is 0 Å². The Morgan fingerprint density at radius 2 is 1.85 bits per heavy atom. The lowest BCUT2D eigenvalue weighted by Gasteiger charge is -2.24. The van der Waals surface area contributed by atoms with Crippen LogP contribution in [-0.4, -0.2) is 10.1 Å². The lowest BCUT2D eigenvalue weighted by molar-refractivity contribution is 0.0578. The second-order valence-electron chi connectivity index (χ2n) is 5.36. The van der Waals surface area contributed by atoms with Crippen molar-refractivity contribution in [3.05, 3.63) is 70.9 Å². The predicted molar refractivity (Wildman–Crippen MR) is 83.0 cm³/mol. The number of halogens is 1. The molecule has 0 aliphatic rings. The van der Waals surface area contributed by atoms with Gasteiger partial charge < -0.3 is 10.1 Å². The molecule has 2 N–H and O–H groups in total. The van der Waals surface area contributed by atoms with Crippen molar-refractivity contribution in [3.8, 4) is 0 Å². The minimum Gasteiger partial charge on any atom is -0.385 e. The molecule has 0 saturated heterocycles. The molecule has 0 aliphatic carbocycles. The van der Waals surface area contributed by atoms with Crippen LogP contribution in [-0.2, 0) is 12.0 Å². The zero-order valence-electron chi connectivity index (χ0n) is 11.2.